The van der Waals surface area contributed by atoms with E-state index in [0.717, 1.165) is 37.9 Å². The molecule has 0 radical (unpaired) electrons. The van der Waals surface area contributed by atoms with Crippen molar-refractivity contribution in [3.8, 4) is 0 Å². The fourth-order valence-electron chi connectivity index (χ4n) is 2.02. The van der Waals surface area contributed by atoms with Gasteiger partial charge in [-0.05, 0) is 44.5 Å². The SMILES string of the molecule is CCCCN(CC(=O)c1ccc(F)c(F)c1)C(C)CC. The molecule has 1 atom stereocenters. The van der Waals surface area contributed by atoms with Crippen molar-refractivity contribution in [2.45, 2.75) is 46.1 Å². The van der Waals surface area contributed by atoms with Crippen molar-refractivity contribution in [3.63, 3.8) is 0 Å². The highest BCUT2D eigenvalue weighted by Gasteiger charge is 2.17. The Kier molecular flexibility index (Phi) is 6.79. The fraction of sp³-hybridized carbons (Fsp3) is 0.562. The molecule has 0 saturated carbocycles. The van der Waals surface area contributed by atoms with Crippen LogP contribution in [0.1, 0.15) is 50.4 Å². The van der Waals surface area contributed by atoms with Crippen LogP contribution in [0.3, 0.4) is 0 Å². The summed E-state index contributed by atoms with van der Waals surface area (Å²) in [7, 11) is 0. The quantitative estimate of drug-likeness (QED) is 0.671. The maximum atomic E-state index is 13.2. The van der Waals surface area contributed by atoms with Crippen molar-refractivity contribution in [2.24, 2.45) is 0 Å². The van der Waals surface area contributed by atoms with Crippen molar-refractivity contribution in [3.05, 3.63) is 35.4 Å². The summed E-state index contributed by atoms with van der Waals surface area (Å²) < 4.78 is 26.0. The number of ketones is 1. The number of rotatable bonds is 8. The largest absolute Gasteiger partial charge is 0.293 e. The number of halogens is 2. The van der Waals surface area contributed by atoms with Crippen LogP contribution in [0.25, 0.3) is 0 Å². The molecule has 112 valence electrons. The maximum Gasteiger partial charge on any atom is 0.176 e. The zero-order valence-electron chi connectivity index (χ0n) is 12.5. The summed E-state index contributed by atoms with van der Waals surface area (Å²) in [5, 5.41) is 0. The predicted molar refractivity (Wildman–Crippen MR) is 76.9 cm³/mol. The summed E-state index contributed by atoms with van der Waals surface area (Å²) in [5.41, 5.74) is 0.230. The molecule has 0 spiro atoms. The smallest absolute Gasteiger partial charge is 0.176 e. The Morgan fingerprint density at radius 2 is 1.95 bits per heavy atom. The molecule has 0 aromatic heterocycles. The van der Waals surface area contributed by atoms with Gasteiger partial charge in [0.2, 0.25) is 0 Å². The lowest BCUT2D eigenvalue weighted by Gasteiger charge is -2.27. The average molecular weight is 283 g/mol. The molecule has 0 aliphatic heterocycles. The van der Waals surface area contributed by atoms with Crippen LogP contribution in [0.2, 0.25) is 0 Å². The maximum absolute atomic E-state index is 13.2. The highest BCUT2D eigenvalue weighted by molar-refractivity contribution is 5.97. The first-order valence-corrected chi connectivity index (χ1v) is 7.21. The summed E-state index contributed by atoms with van der Waals surface area (Å²) in [6, 6.07) is 3.62. The standard InChI is InChI=1S/C16H23F2NO/c1-4-6-9-19(12(3)5-2)11-16(20)13-7-8-14(17)15(18)10-13/h7-8,10,12H,4-6,9,11H2,1-3H3. The van der Waals surface area contributed by atoms with Crippen LogP contribution in [0, 0.1) is 11.6 Å². The molecule has 0 saturated heterocycles. The van der Waals surface area contributed by atoms with E-state index in [1.54, 1.807) is 0 Å². The molecule has 1 rings (SSSR count). The Balaban J connectivity index is 2.76. The molecule has 0 bridgehead atoms. The zero-order chi connectivity index (χ0) is 15.1. The number of hydrogen-bond donors (Lipinski definition) is 0. The summed E-state index contributed by atoms with van der Waals surface area (Å²) in [5.74, 6) is -2.06. The Labute approximate surface area is 119 Å². The lowest BCUT2D eigenvalue weighted by Crippen LogP contribution is -2.37. The van der Waals surface area contributed by atoms with Crippen molar-refractivity contribution in [1.29, 1.82) is 0 Å². The van der Waals surface area contributed by atoms with Crippen LogP contribution in [0.5, 0.6) is 0 Å². The predicted octanol–water partition coefficient (Wildman–Crippen LogP) is 4.05. The van der Waals surface area contributed by atoms with Gasteiger partial charge in [-0.25, -0.2) is 8.78 Å². The summed E-state index contributed by atoms with van der Waals surface area (Å²) in [6.07, 6.45) is 3.04. The second-order valence-corrected chi connectivity index (χ2v) is 5.13. The molecule has 0 fully saturated rings. The van der Waals surface area contributed by atoms with Crippen LogP contribution in [0.15, 0.2) is 18.2 Å². The molecule has 1 aromatic carbocycles. The van der Waals surface area contributed by atoms with Crippen molar-refractivity contribution in [1.82, 2.24) is 4.90 Å². The molecule has 1 unspecified atom stereocenters. The number of carbonyl (C=O) groups is 1. The van der Waals surface area contributed by atoms with E-state index in [2.05, 4.69) is 25.7 Å². The molecule has 0 aliphatic carbocycles. The minimum Gasteiger partial charge on any atom is -0.293 e. The van der Waals surface area contributed by atoms with Crippen LogP contribution < -0.4 is 0 Å². The number of nitrogens with zero attached hydrogens (tertiary/aromatic N) is 1. The first-order chi connectivity index (χ1) is 9.49. The van der Waals surface area contributed by atoms with Crippen molar-refractivity contribution in [2.75, 3.05) is 13.1 Å². The molecule has 0 N–H and O–H groups in total. The van der Waals surface area contributed by atoms with E-state index in [0.29, 0.717) is 6.04 Å². The normalized spacial score (nSPS) is 12.7. The van der Waals surface area contributed by atoms with Gasteiger partial charge in [-0.15, -0.1) is 0 Å². The lowest BCUT2D eigenvalue weighted by molar-refractivity contribution is 0.0894. The molecule has 2 nitrogen and oxygen atoms in total. The van der Waals surface area contributed by atoms with Crippen molar-refractivity contribution >= 4 is 5.78 Å². The van der Waals surface area contributed by atoms with Gasteiger partial charge < -0.3 is 0 Å². The third kappa shape index (κ3) is 4.67. The first-order valence-electron chi connectivity index (χ1n) is 7.21. The van der Waals surface area contributed by atoms with Gasteiger partial charge in [0.1, 0.15) is 0 Å². The molecular formula is C16H23F2NO. The highest BCUT2D eigenvalue weighted by atomic mass is 19.2. The van der Waals surface area contributed by atoms with Gasteiger partial charge in [0.15, 0.2) is 17.4 Å². The second-order valence-electron chi connectivity index (χ2n) is 5.13. The molecule has 0 heterocycles. The van der Waals surface area contributed by atoms with Crippen LogP contribution in [0.4, 0.5) is 8.78 Å². The number of hydrogen-bond acceptors (Lipinski definition) is 2. The molecule has 0 aliphatic rings. The van der Waals surface area contributed by atoms with E-state index in [-0.39, 0.29) is 17.9 Å². The number of unbranched alkanes of at least 4 members (excludes halogenated alkanes) is 1. The van der Waals surface area contributed by atoms with E-state index < -0.39 is 11.6 Å². The molecule has 20 heavy (non-hydrogen) atoms. The lowest BCUT2D eigenvalue weighted by atomic mass is 10.1. The van der Waals surface area contributed by atoms with E-state index in [1.807, 2.05) is 0 Å². The van der Waals surface area contributed by atoms with Gasteiger partial charge in [0.25, 0.3) is 0 Å². The average Bonchev–Trinajstić information content (AvgIpc) is 2.45. The third-order valence-electron chi connectivity index (χ3n) is 3.60. The van der Waals surface area contributed by atoms with Gasteiger partial charge >= 0.3 is 0 Å². The number of benzene rings is 1. The minimum atomic E-state index is -0.973. The Morgan fingerprint density at radius 3 is 2.50 bits per heavy atom. The van der Waals surface area contributed by atoms with Crippen LogP contribution in [-0.4, -0.2) is 29.8 Å². The Hall–Kier alpha value is -1.29. The zero-order valence-corrected chi connectivity index (χ0v) is 12.5. The van der Waals surface area contributed by atoms with Crippen LogP contribution >= 0.6 is 0 Å². The van der Waals surface area contributed by atoms with Gasteiger partial charge in [-0.3, -0.25) is 9.69 Å². The monoisotopic (exact) mass is 283 g/mol. The Bertz CT molecular complexity index is 448. The van der Waals surface area contributed by atoms with E-state index >= 15 is 0 Å². The molecule has 4 heteroatoms. The summed E-state index contributed by atoms with van der Waals surface area (Å²) in [4.78, 5) is 14.3. The van der Waals surface area contributed by atoms with E-state index in [9.17, 15) is 13.6 Å². The van der Waals surface area contributed by atoms with Crippen molar-refractivity contribution < 1.29 is 13.6 Å². The topological polar surface area (TPSA) is 20.3 Å². The summed E-state index contributed by atoms with van der Waals surface area (Å²) in [6.45, 7) is 7.35. The van der Waals surface area contributed by atoms with Gasteiger partial charge in [-0.2, -0.15) is 0 Å². The van der Waals surface area contributed by atoms with Gasteiger partial charge in [0, 0.05) is 11.6 Å². The number of Topliss-reactive ketones (excluding diaryl/α,β-unsaturated/α-hetero) is 1. The Morgan fingerprint density at radius 1 is 1.25 bits per heavy atom. The van der Waals surface area contributed by atoms with E-state index in [1.165, 1.54) is 6.07 Å². The minimum absolute atomic E-state index is 0.166. The highest BCUT2D eigenvalue weighted by Crippen LogP contribution is 2.12. The fourth-order valence-corrected chi connectivity index (χ4v) is 2.02. The number of carbonyl (C=O) groups excluding carboxylic acids is 1. The molecule has 0 amide bonds. The second kappa shape index (κ2) is 8.10. The summed E-state index contributed by atoms with van der Waals surface area (Å²) >= 11 is 0. The van der Waals surface area contributed by atoms with Gasteiger partial charge in [-0.1, -0.05) is 20.3 Å². The molecular weight excluding hydrogens is 260 g/mol. The third-order valence-corrected chi connectivity index (χ3v) is 3.60. The first kappa shape index (κ1) is 16.8. The van der Waals surface area contributed by atoms with Gasteiger partial charge in [0.05, 0.1) is 6.54 Å². The van der Waals surface area contributed by atoms with Crippen LogP contribution in [-0.2, 0) is 0 Å². The molecule has 1 aromatic rings. The van der Waals surface area contributed by atoms with E-state index in [4.69, 9.17) is 0 Å².